The van der Waals surface area contributed by atoms with Gasteiger partial charge in [0.1, 0.15) is 0 Å². The molecule has 1 aromatic heterocycles. The van der Waals surface area contributed by atoms with E-state index in [1.807, 2.05) is 0 Å². The fourth-order valence-corrected chi connectivity index (χ4v) is 3.54. The lowest BCUT2D eigenvalue weighted by Crippen LogP contribution is -2.40. The Labute approximate surface area is 99.9 Å². The second kappa shape index (κ2) is 3.72. The van der Waals surface area contributed by atoms with Gasteiger partial charge in [-0.2, -0.15) is 0 Å². The highest BCUT2D eigenvalue weighted by Crippen LogP contribution is 2.40. The Balaban J connectivity index is 2.17. The summed E-state index contributed by atoms with van der Waals surface area (Å²) in [5.74, 6) is 0. The number of hydrogen-bond donors (Lipinski definition) is 1. The summed E-state index contributed by atoms with van der Waals surface area (Å²) in [5.41, 5.74) is 9.14. The highest BCUT2D eigenvalue weighted by Gasteiger charge is 2.34. The zero-order chi connectivity index (χ0) is 11.0. The molecule has 1 aromatic carbocycles. The number of benzene rings is 1. The molecule has 1 atom stereocenters. The molecule has 2 aromatic rings. The summed E-state index contributed by atoms with van der Waals surface area (Å²) in [7, 11) is 0. The SMILES string of the molecule is NC1(c2cccs2)CCCc2ccccc21. The first-order valence-electron chi connectivity index (χ1n) is 5.72. The Hall–Kier alpha value is -1.12. The van der Waals surface area contributed by atoms with Crippen molar-refractivity contribution in [3.63, 3.8) is 0 Å². The summed E-state index contributed by atoms with van der Waals surface area (Å²) in [6.45, 7) is 0. The van der Waals surface area contributed by atoms with Crippen molar-refractivity contribution in [2.75, 3.05) is 0 Å². The molecule has 1 unspecified atom stereocenters. The molecule has 82 valence electrons. The van der Waals surface area contributed by atoms with E-state index >= 15 is 0 Å². The van der Waals surface area contributed by atoms with Crippen molar-refractivity contribution in [1.82, 2.24) is 0 Å². The van der Waals surface area contributed by atoms with E-state index in [2.05, 4.69) is 41.8 Å². The normalized spacial score (nSPS) is 24.1. The van der Waals surface area contributed by atoms with Gasteiger partial charge in [-0.1, -0.05) is 30.3 Å². The number of hydrogen-bond acceptors (Lipinski definition) is 2. The van der Waals surface area contributed by atoms with Gasteiger partial charge in [0.2, 0.25) is 0 Å². The monoisotopic (exact) mass is 229 g/mol. The Morgan fingerprint density at radius 3 is 2.81 bits per heavy atom. The minimum atomic E-state index is -0.247. The molecule has 1 aliphatic rings. The molecule has 2 heteroatoms. The van der Waals surface area contributed by atoms with Gasteiger partial charge in [-0.15, -0.1) is 11.3 Å². The van der Waals surface area contributed by atoms with Gasteiger partial charge in [-0.25, -0.2) is 0 Å². The molecular weight excluding hydrogens is 214 g/mol. The van der Waals surface area contributed by atoms with Crippen LogP contribution in [0.1, 0.15) is 28.8 Å². The van der Waals surface area contributed by atoms with Crippen molar-refractivity contribution in [3.8, 4) is 0 Å². The fraction of sp³-hybridized carbons (Fsp3) is 0.286. The highest BCUT2D eigenvalue weighted by atomic mass is 32.1. The molecule has 1 aliphatic carbocycles. The van der Waals surface area contributed by atoms with Gasteiger partial charge in [0, 0.05) is 4.88 Å². The summed E-state index contributed by atoms with van der Waals surface area (Å²) < 4.78 is 0. The van der Waals surface area contributed by atoms with Gasteiger partial charge in [0.25, 0.3) is 0 Å². The molecule has 0 aliphatic heterocycles. The van der Waals surface area contributed by atoms with Gasteiger partial charge < -0.3 is 5.73 Å². The first-order valence-corrected chi connectivity index (χ1v) is 6.60. The van der Waals surface area contributed by atoms with Crippen LogP contribution in [0, 0.1) is 0 Å². The summed E-state index contributed by atoms with van der Waals surface area (Å²) in [5, 5.41) is 2.11. The molecule has 0 saturated heterocycles. The zero-order valence-corrected chi connectivity index (χ0v) is 9.96. The van der Waals surface area contributed by atoms with Crippen molar-refractivity contribution in [2.45, 2.75) is 24.8 Å². The quantitative estimate of drug-likeness (QED) is 0.798. The Morgan fingerprint density at radius 2 is 2.00 bits per heavy atom. The molecule has 0 saturated carbocycles. The van der Waals surface area contributed by atoms with E-state index in [4.69, 9.17) is 5.73 Å². The molecule has 16 heavy (non-hydrogen) atoms. The molecule has 3 rings (SSSR count). The molecule has 0 fully saturated rings. The smallest absolute Gasteiger partial charge is 0.0762 e. The maximum absolute atomic E-state index is 6.65. The highest BCUT2D eigenvalue weighted by molar-refractivity contribution is 7.10. The topological polar surface area (TPSA) is 26.0 Å². The Bertz CT molecular complexity index is 489. The molecule has 1 nitrogen and oxygen atoms in total. The van der Waals surface area contributed by atoms with E-state index in [1.165, 1.54) is 28.8 Å². The number of nitrogens with two attached hydrogens (primary N) is 1. The number of thiophene rings is 1. The molecule has 0 bridgehead atoms. The minimum absolute atomic E-state index is 0.247. The number of aryl methyl sites for hydroxylation is 1. The van der Waals surface area contributed by atoms with Crippen LogP contribution in [-0.4, -0.2) is 0 Å². The number of rotatable bonds is 1. The third kappa shape index (κ3) is 1.41. The third-order valence-corrected chi connectivity index (χ3v) is 4.52. The minimum Gasteiger partial charge on any atom is -0.317 e. The second-order valence-electron chi connectivity index (χ2n) is 4.46. The van der Waals surface area contributed by atoms with Crippen LogP contribution >= 0.6 is 11.3 Å². The predicted molar refractivity (Wildman–Crippen MR) is 68.7 cm³/mol. The third-order valence-electron chi connectivity index (χ3n) is 3.48. The molecule has 0 amide bonds. The first-order chi connectivity index (χ1) is 7.81. The predicted octanol–water partition coefficient (Wildman–Crippen LogP) is 3.29. The van der Waals surface area contributed by atoms with Crippen LogP contribution in [-0.2, 0) is 12.0 Å². The average molecular weight is 229 g/mol. The molecule has 0 spiro atoms. The van der Waals surface area contributed by atoms with E-state index < -0.39 is 0 Å². The van der Waals surface area contributed by atoms with Gasteiger partial charge in [0.05, 0.1) is 5.54 Å². The largest absolute Gasteiger partial charge is 0.317 e. The Morgan fingerprint density at radius 1 is 1.12 bits per heavy atom. The zero-order valence-electron chi connectivity index (χ0n) is 9.15. The van der Waals surface area contributed by atoms with Crippen molar-refractivity contribution >= 4 is 11.3 Å². The lowest BCUT2D eigenvalue weighted by atomic mass is 9.76. The van der Waals surface area contributed by atoms with E-state index in [0.717, 1.165) is 6.42 Å². The maximum atomic E-state index is 6.65. The first kappa shape index (κ1) is 10.1. The van der Waals surface area contributed by atoms with E-state index in [-0.39, 0.29) is 5.54 Å². The average Bonchev–Trinajstić information content (AvgIpc) is 2.84. The lowest BCUT2D eigenvalue weighted by molar-refractivity contribution is 0.450. The van der Waals surface area contributed by atoms with Crippen LogP contribution < -0.4 is 5.73 Å². The van der Waals surface area contributed by atoms with Gasteiger partial charge in [-0.05, 0) is 41.8 Å². The van der Waals surface area contributed by atoms with Gasteiger partial charge in [-0.3, -0.25) is 0 Å². The second-order valence-corrected chi connectivity index (χ2v) is 5.41. The van der Waals surface area contributed by atoms with Crippen LogP contribution in [0.4, 0.5) is 0 Å². The Kier molecular flexibility index (Phi) is 2.34. The summed E-state index contributed by atoms with van der Waals surface area (Å²) in [6, 6.07) is 12.9. The summed E-state index contributed by atoms with van der Waals surface area (Å²) >= 11 is 1.77. The van der Waals surface area contributed by atoms with Crippen molar-refractivity contribution in [3.05, 3.63) is 57.8 Å². The van der Waals surface area contributed by atoms with Crippen molar-refractivity contribution < 1.29 is 0 Å². The van der Waals surface area contributed by atoms with Crippen molar-refractivity contribution in [2.24, 2.45) is 5.73 Å². The lowest BCUT2D eigenvalue weighted by Gasteiger charge is -2.35. The molecule has 0 radical (unpaired) electrons. The van der Waals surface area contributed by atoms with E-state index in [0.29, 0.717) is 0 Å². The molecule has 1 heterocycles. The fourth-order valence-electron chi connectivity index (χ4n) is 2.65. The van der Waals surface area contributed by atoms with E-state index in [1.54, 1.807) is 11.3 Å². The van der Waals surface area contributed by atoms with Crippen LogP contribution in [0.15, 0.2) is 41.8 Å². The van der Waals surface area contributed by atoms with Crippen LogP contribution in [0.3, 0.4) is 0 Å². The standard InChI is InChI=1S/C14H15NS/c15-14(13-8-4-10-16-13)9-3-6-11-5-1-2-7-12(11)14/h1-2,4-5,7-8,10H,3,6,9,15H2. The van der Waals surface area contributed by atoms with Gasteiger partial charge in [0.15, 0.2) is 0 Å². The number of fused-ring (bicyclic) bond motifs is 1. The summed E-state index contributed by atoms with van der Waals surface area (Å²) in [6.07, 6.45) is 3.41. The summed E-state index contributed by atoms with van der Waals surface area (Å²) in [4.78, 5) is 1.29. The van der Waals surface area contributed by atoms with E-state index in [9.17, 15) is 0 Å². The van der Waals surface area contributed by atoms with Crippen molar-refractivity contribution in [1.29, 1.82) is 0 Å². The van der Waals surface area contributed by atoms with Crippen LogP contribution in [0.2, 0.25) is 0 Å². The van der Waals surface area contributed by atoms with Crippen LogP contribution in [0.25, 0.3) is 0 Å². The maximum Gasteiger partial charge on any atom is 0.0762 e. The van der Waals surface area contributed by atoms with Crippen LogP contribution in [0.5, 0.6) is 0 Å². The molecular formula is C14H15NS. The van der Waals surface area contributed by atoms with Gasteiger partial charge >= 0.3 is 0 Å². The molecule has 2 N–H and O–H groups in total.